The summed E-state index contributed by atoms with van der Waals surface area (Å²) in [6.07, 6.45) is 4.82. The number of hydrogen-bond acceptors (Lipinski definition) is 3. The molecule has 1 aromatic heterocycles. The van der Waals surface area contributed by atoms with E-state index in [0.29, 0.717) is 36.3 Å². The fourth-order valence-electron chi connectivity index (χ4n) is 3.11. The molecule has 0 aromatic carbocycles. The van der Waals surface area contributed by atoms with E-state index < -0.39 is 5.67 Å². The lowest BCUT2D eigenvalue weighted by atomic mass is 9.83. The van der Waals surface area contributed by atoms with Crippen LogP contribution in [0.25, 0.3) is 0 Å². The van der Waals surface area contributed by atoms with Crippen molar-refractivity contribution in [2.75, 3.05) is 5.73 Å². The largest absolute Gasteiger partial charge is 0.383 e. The number of anilines is 1. The molecule has 3 nitrogen and oxygen atoms in total. The molecule has 16 heavy (non-hydrogen) atoms. The Kier molecular flexibility index (Phi) is 2.14. The normalized spacial score (nSPS) is 37.6. The molecule has 3 heterocycles. The average Bonchev–Trinajstić information content (AvgIpc) is 2.59. The summed E-state index contributed by atoms with van der Waals surface area (Å²) in [7, 11) is 0. The number of pyridine rings is 1. The van der Waals surface area contributed by atoms with Crippen LogP contribution in [0.3, 0.4) is 0 Å². The Morgan fingerprint density at radius 2 is 2.06 bits per heavy atom. The Balaban J connectivity index is 1.96. The number of nitrogens with one attached hydrogen (secondary N) is 1. The van der Waals surface area contributed by atoms with Crippen molar-refractivity contribution in [1.82, 2.24) is 10.3 Å². The van der Waals surface area contributed by atoms with Gasteiger partial charge in [0.15, 0.2) is 0 Å². The first-order chi connectivity index (χ1) is 7.67. The third kappa shape index (κ3) is 1.48. The van der Waals surface area contributed by atoms with Crippen LogP contribution in [0.15, 0.2) is 18.3 Å². The molecule has 2 aliphatic rings. The van der Waals surface area contributed by atoms with Crippen molar-refractivity contribution in [3.05, 3.63) is 23.9 Å². The Labute approximate surface area is 94.2 Å². The molecule has 3 N–H and O–H groups in total. The van der Waals surface area contributed by atoms with Crippen molar-refractivity contribution in [1.29, 1.82) is 0 Å². The molecule has 1 aromatic rings. The lowest BCUT2D eigenvalue weighted by molar-refractivity contribution is 0.0879. The van der Waals surface area contributed by atoms with E-state index >= 15 is 0 Å². The summed E-state index contributed by atoms with van der Waals surface area (Å²) in [6.45, 7) is 0. The quantitative estimate of drug-likeness (QED) is 0.759. The molecule has 4 heteroatoms. The number of nitrogens with two attached hydrogens (primary N) is 1. The van der Waals surface area contributed by atoms with Crippen molar-refractivity contribution in [3.8, 4) is 0 Å². The van der Waals surface area contributed by atoms with Gasteiger partial charge in [-0.15, -0.1) is 0 Å². The predicted molar refractivity (Wildman–Crippen MR) is 60.6 cm³/mol. The summed E-state index contributed by atoms with van der Waals surface area (Å²) in [5.41, 5.74) is 5.07. The second-order valence-corrected chi connectivity index (χ2v) is 4.95. The number of nitrogen functional groups attached to an aromatic ring is 1. The molecule has 0 amide bonds. The van der Waals surface area contributed by atoms with Gasteiger partial charge in [0.05, 0.1) is 0 Å². The van der Waals surface area contributed by atoms with Crippen molar-refractivity contribution < 1.29 is 4.39 Å². The van der Waals surface area contributed by atoms with Crippen LogP contribution in [-0.4, -0.2) is 17.1 Å². The topological polar surface area (TPSA) is 50.9 Å². The molecule has 2 saturated heterocycles. The van der Waals surface area contributed by atoms with Gasteiger partial charge in [-0.05, 0) is 18.9 Å². The summed E-state index contributed by atoms with van der Waals surface area (Å²) in [5, 5.41) is 3.43. The van der Waals surface area contributed by atoms with E-state index in [4.69, 9.17) is 5.73 Å². The van der Waals surface area contributed by atoms with Crippen LogP contribution in [0.4, 0.5) is 10.2 Å². The van der Waals surface area contributed by atoms with Gasteiger partial charge in [0, 0.05) is 36.7 Å². The lowest BCUT2D eigenvalue weighted by Gasteiger charge is -2.35. The minimum Gasteiger partial charge on any atom is -0.383 e. The summed E-state index contributed by atoms with van der Waals surface area (Å²) in [5.74, 6) is 0.339. The Morgan fingerprint density at radius 3 is 2.69 bits per heavy atom. The van der Waals surface area contributed by atoms with Crippen LogP contribution < -0.4 is 11.1 Å². The number of halogens is 1. The van der Waals surface area contributed by atoms with Crippen molar-refractivity contribution >= 4 is 5.82 Å². The van der Waals surface area contributed by atoms with Crippen LogP contribution in [-0.2, 0) is 5.67 Å². The zero-order valence-corrected chi connectivity index (χ0v) is 9.12. The SMILES string of the molecule is Nc1ncccc1C1(F)CC2CCC(C1)N2. The monoisotopic (exact) mass is 221 g/mol. The molecule has 0 saturated carbocycles. The van der Waals surface area contributed by atoms with Gasteiger partial charge in [0.1, 0.15) is 11.5 Å². The van der Waals surface area contributed by atoms with E-state index in [1.165, 1.54) is 0 Å². The van der Waals surface area contributed by atoms with E-state index in [9.17, 15) is 4.39 Å². The van der Waals surface area contributed by atoms with E-state index in [1.807, 2.05) is 0 Å². The third-order valence-corrected chi connectivity index (χ3v) is 3.80. The summed E-state index contributed by atoms with van der Waals surface area (Å²) in [4.78, 5) is 3.99. The maximum atomic E-state index is 14.9. The highest BCUT2D eigenvalue weighted by Gasteiger charge is 2.46. The zero-order chi connectivity index (χ0) is 11.2. The highest BCUT2D eigenvalue weighted by Crippen LogP contribution is 2.44. The molecular weight excluding hydrogens is 205 g/mol. The number of hydrogen-bond donors (Lipinski definition) is 2. The van der Waals surface area contributed by atoms with Gasteiger partial charge in [0.2, 0.25) is 0 Å². The van der Waals surface area contributed by atoms with Gasteiger partial charge in [0.25, 0.3) is 0 Å². The highest BCUT2D eigenvalue weighted by atomic mass is 19.1. The molecular formula is C12H16FN3. The first-order valence-electron chi connectivity index (χ1n) is 5.83. The van der Waals surface area contributed by atoms with Crippen molar-refractivity contribution in [2.24, 2.45) is 0 Å². The number of piperidine rings is 1. The minimum absolute atomic E-state index is 0.309. The van der Waals surface area contributed by atoms with Crippen molar-refractivity contribution in [3.63, 3.8) is 0 Å². The number of fused-ring (bicyclic) bond motifs is 2. The number of rotatable bonds is 1. The van der Waals surface area contributed by atoms with Gasteiger partial charge in [-0.1, -0.05) is 6.07 Å². The summed E-state index contributed by atoms with van der Waals surface area (Å²) in [6, 6.07) is 4.15. The fraction of sp³-hybridized carbons (Fsp3) is 0.583. The van der Waals surface area contributed by atoms with Crippen LogP contribution in [0.2, 0.25) is 0 Å². The maximum Gasteiger partial charge on any atom is 0.142 e. The smallest absolute Gasteiger partial charge is 0.142 e. The maximum absolute atomic E-state index is 14.9. The third-order valence-electron chi connectivity index (χ3n) is 3.80. The molecule has 0 radical (unpaired) electrons. The standard InChI is InChI=1S/C12H16FN3/c13-12(10-2-1-5-15-11(10)14)6-8-3-4-9(7-12)16-8/h1-2,5,8-9,16H,3-4,6-7H2,(H2,14,15). The molecule has 0 aliphatic carbocycles. The van der Waals surface area contributed by atoms with Crippen LogP contribution in [0.5, 0.6) is 0 Å². The fourth-order valence-corrected chi connectivity index (χ4v) is 3.11. The molecule has 2 unspecified atom stereocenters. The number of aromatic nitrogens is 1. The van der Waals surface area contributed by atoms with Crippen molar-refractivity contribution in [2.45, 2.75) is 43.4 Å². The number of nitrogens with zero attached hydrogens (tertiary/aromatic N) is 1. The van der Waals surface area contributed by atoms with Gasteiger partial charge in [-0.25, -0.2) is 9.37 Å². The van der Waals surface area contributed by atoms with Crippen LogP contribution >= 0.6 is 0 Å². The van der Waals surface area contributed by atoms with Crippen LogP contribution in [0, 0.1) is 0 Å². The molecule has 86 valence electrons. The zero-order valence-electron chi connectivity index (χ0n) is 9.12. The molecule has 0 spiro atoms. The molecule has 2 atom stereocenters. The second-order valence-electron chi connectivity index (χ2n) is 4.95. The highest BCUT2D eigenvalue weighted by molar-refractivity contribution is 5.43. The van der Waals surface area contributed by atoms with Crippen LogP contribution in [0.1, 0.15) is 31.2 Å². The van der Waals surface area contributed by atoms with Gasteiger partial charge in [-0.3, -0.25) is 0 Å². The van der Waals surface area contributed by atoms with E-state index in [2.05, 4.69) is 10.3 Å². The lowest BCUT2D eigenvalue weighted by Crippen LogP contribution is -2.44. The summed E-state index contributed by atoms with van der Waals surface area (Å²) >= 11 is 0. The minimum atomic E-state index is -1.28. The van der Waals surface area contributed by atoms with Gasteiger partial charge in [-0.2, -0.15) is 0 Å². The predicted octanol–water partition coefficient (Wildman–Crippen LogP) is 1.74. The van der Waals surface area contributed by atoms with E-state index in [-0.39, 0.29) is 0 Å². The molecule has 3 rings (SSSR count). The first-order valence-corrected chi connectivity index (χ1v) is 5.83. The van der Waals surface area contributed by atoms with Gasteiger partial charge < -0.3 is 11.1 Å². The second kappa shape index (κ2) is 3.42. The Bertz CT molecular complexity index is 395. The van der Waals surface area contributed by atoms with Gasteiger partial charge >= 0.3 is 0 Å². The van der Waals surface area contributed by atoms with E-state index in [0.717, 1.165) is 12.8 Å². The Morgan fingerprint density at radius 1 is 1.38 bits per heavy atom. The average molecular weight is 221 g/mol. The molecule has 2 aliphatic heterocycles. The first kappa shape index (κ1) is 10.0. The van der Waals surface area contributed by atoms with E-state index in [1.54, 1.807) is 18.3 Å². The summed E-state index contributed by atoms with van der Waals surface area (Å²) < 4.78 is 14.9. The Hall–Kier alpha value is -1.16. The number of alkyl halides is 1. The molecule has 2 bridgehead atoms. The molecule has 2 fully saturated rings.